The van der Waals surface area contributed by atoms with E-state index in [9.17, 15) is 14.7 Å². The van der Waals surface area contributed by atoms with Crippen LogP contribution in [0.2, 0.25) is 0 Å². The molecule has 1 aliphatic carbocycles. The van der Waals surface area contributed by atoms with Gasteiger partial charge in [0.15, 0.2) is 0 Å². The zero-order valence-corrected chi connectivity index (χ0v) is 17.2. The SMILES string of the molecule is CN(C(=O)C(Cc1ccc(O)cc1)N1CN(C)N(C)CC1=O)C1CCCCC1. The number of amides is 2. The maximum absolute atomic E-state index is 13.5. The van der Waals surface area contributed by atoms with Gasteiger partial charge in [0, 0.05) is 33.6 Å². The minimum absolute atomic E-state index is 0.00581. The van der Waals surface area contributed by atoms with E-state index < -0.39 is 6.04 Å². The summed E-state index contributed by atoms with van der Waals surface area (Å²) in [5.41, 5.74) is 0.933. The van der Waals surface area contributed by atoms with E-state index in [-0.39, 0.29) is 30.2 Å². The molecule has 2 fully saturated rings. The summed E-state index contributed by atoms with van der Waals surface area (Å²) in [5, 5.41) is 13.4. The molecule has 1 heterocycles. The van der Waals surface area contributed by atoms with E-state index >= 15 is 0 Å². The number of phenols is 1. The van der Waals surface area contributed by atoms with E-state index in [1.54, 1.807) is 17.0 Å². The standard InChI is InChI=1S/C21H32N4O3/c1-22-14-20(27)25(15-23(22)2)19(13-16-9-11-18(26)12-10-16)21(28)24(3)17-7-5-4-6-8-17/h9-12,17,19,26H,4-8,13-15H2,1-3H3. The number of hydrazine groups is 1. The van der Waals surface area contributed by atoms with Crippen molar-refractivity contribution in [3.8, 4) is 5.75 Å². The third-order valence-corrected chi connectivity index (χ3v) is 6.12. The van der Waals surface area contributed by atoms with Gasteiger partial charge in [0.2, 0.25) is 11.8 Å². The summed E-state index contributed by atoms with van der Waals surface area (Å²) < 4.78 is 0. The summed E-state index contributed by atoms with van der Waals surface area (Å²) in [6.45, 7) is 0.658. The first-order valence-corrected chi connectivity index (χ1v) is 10.1. The molecule has 1 aromatic rings. The fraction of sp³-hybridized carbons (Fsp3) is 0.619. The molecule has 7 nitrogen and oxygen atoms in total. The summed E-state index contributed by atoms with van der Waals surface area (Å²) in [7, 11) is 5.68. The lowest BCUT2D eigenvalue weighted by atomic mass is 9.93. The molecular weight excluding hydrogens is 356 g/mol. The van der Waals surface area contributed by atoms with E-state index in [1.165, 1.54) is 6.42 Å². The monoisotopic (exact) mass is 388 g/mol. The summed E-state index contributed by atoms with van der Waals surface area (Å²) >= 11 is 0. The van der Waals surface area contributed by atoms with Gasteiger partial charge in [0.05, 0.1) is 13.2 Å². The molecule has 0 radical (unpaired) electrons. The van der Waals surface area contributed by atoms with Gasteiger partial charge in [-0.3, -0.25) is 9.59 Å². The lowest BCUT2D eigenvalue weighted by molar-refractivity contribution is -0.164. The number of aromatic hydroxyl groups is 1. The first kappa shape index (κ1) is 20.6. The van der Waals surface area contributed by atoms with Gasteiger partial charge in [-0.15, -0.1) is 0 Å². The Bertz CT molecular complexity index is 687. The van der Waals surface area contributed by atoms with Crippen LogP contribution in [0.5, 0.6) is 5.75 Å². The largest absolute Gasteiger partial charge is 0.508 e. The molecule has 1 saturated heterocycles. The van der Waals surface area contributed by atoms with E-state index in [0.29, 0.717) is 13.1 Å². The van der Waals surface area contributed by atoms with Crippen LogP contribution < -0.4 is 0 Å². The van der Waals surface area contributed by atoms with Crippen LogP contribution in [0.4, 0.5) is 0 Å². The van der Waals surface area contributed by atoms with Gasteiger partial charge in [-0.25, -0.2) is 10.0 Å². The second-order valence-corrected chi connectivity index (χ2v) is 8.11. The number of nitrogens with zero attached hydrogens (tertiary/aromatic N) is 4. The van der Waals surface area contributed by atoms with Crippen molar-refractivity contribution >= 4 is 11.8 Å². The van der Waals surface area contributed by atoms with Crippen LogP contribution in [-0.4, -0.2) is 83.2 Å². The van der Waals surface area contributed by atoms with Crippen molar-refractivity contribution in [2.24, 2.45) is 0 Å². The van der Waals surface area contributed by atoms with Crippen LogP contribution in [0.3, 0.4) is 0 Å². The second-order valence-electron chi connectivity index (χ2n) is 8.11. The van der Waals surface area contributed by atoms with Crippen molar-refractivity contribution in [1.82, 2.24) is 19.8 Å². The topological polar surface area (TPSA) is 67.3 Å². The van der Waals surface area contributed by atoms with Crippen LogP contribution in [0.25, 0.3) is 0 Å². The number of hydrogen-bond donors (Lipinski definition) is 1. The molecule has 1 aliphatic heterocycles. The van der Waals surface area contributed by atoms with Crippen molar-refractivity contribution in [3.63, 3.8) is 0 Å². The molecule has 0 spiro atoms. The number of hydrogen-bond acceptors (Lipinski definition) is 5. The molecule has 7 heteroatoms. The molecule has 0 bridgehead atoms. The van der Waals surface area contributed by atoms with Crippen LogP contribution in [0.15, 0.2) is 24.3 Å². The summed E-state index contributed by atoms with van der Waals surface area (Å²) in [4.78, 5) is 29.9. The van der Waals surface area contributed by atoms with Gasteiger partial charge in [-0.2, -0.15) is 0 Å². The molecule has 2 aliphatic rings. The van der Waals surface area contributed by atoms with Crippen LogP contribution in [-0.2, 0) is 16.0 Å². The van der Waals surface area contributed by atoms with E-state index in [1.807, 2.05) is 48.2 Å². The van der Waals surface area contributed by atoms with Crippen molar-refractivity contribution < 1.29 is 14.7 Å². The number of likely N-dealkylation sites (N-methyl/N-ethyl adjacent to an activating group) is 2. The molecule has 28 heavy (non-hydrogen) atoms. The Morgan fingerprint density at radius 3 is 2.43 bits per heavy atom. The van der Waals surface area contributed by atoms with Gasteiger partial charge < -0.3 is 14.9 Å². The Balaban J connectivity index is 1.83. The fourth-order valence-electron chi connectivity index (χ4n) is 4.16. The highest BCUT2D eigenvalue weighted by Crippen LogP contribution is 2.24. The summed E-state index contributed by atoms with van der Waals surface area (Å²) in [6, 6.07) is 6.60. The number of benzene rings is 1. The van der Waals surface area contributed by atoms with Crippen molar-refractivity contribution in [1.29, 1.82) is 0 Å². The van der Waals surface area contributed by atoms with Gasteiger partial charge >= 0.3 is 0 Å². The third kappa shape index (κ3) is 4.64. The van der Waals surface area contributed by atoms with Crippen molar-refractivity contribution in [2.75, 3.05) is 34.4 Å². The number of phenolic OH excluding ortho intramolecular Hbond substituents is 1. The Morgan fingerprint density at radius 1 is 1.14 bits per heavy atom. The number of rotatable bonds is 5. The molecule has 1 saturated carbocycles. The minimum atomic E-state index is -0.542. The average Bonchev–Trinajstić information content (AvgIpc) is 2.70. The molecule has 1 N–H and O–H groups in total. The van der Waals surface area contributed by atoms with Crippen molar-refractivity contribution in [2.45, 2.75) is 50.6 Å². The predicted octanol–water partition coefficient (Wildman–Crippen LogP) is 1.67. The molecule has 1 unspecified atom stereocenters. The zero-order chi connectivity index (χ0) is 20.3. The van der Waals surface area contributed by atoms with Gasteiger partial charge in [0.25, 0.3) is 0 Å². The zero-order valence-electron chi connectivity index (χ0n) is 17.2. The quantitative estimate of drug-likeness (QED) is 0.831. The van der Waals surface area contributed by atoms with E-state index in [4.69, 9.17) is 0 Å². The summed E-state index contributed by atoms with van der Waals surface area (Å²) in [6.07, 6.45) is 6.05. The molecular formula is C21H32N4O3. The minimum Gasteiger partial charge on any atom is -0.508 e. The molecule has 2 amide bonds. The lowest BCUT2D eigenvalue weighted by Gasteiger charge is -2.44. The highest BCUT2D eigenvalue weighted by molar-refractivity contribution is 5.89. The first-order valence-electron chi connectivity index (χ1n) is 10.1. The van der Waals surface area contributed by atoms with Crippen LogP contribution >= 0.6 is 0 Å². The molecule has 1 atom stereocenters. The lowest BCUT2D eigenvalue weighted by Crippen LogP contribution is -2.63. The van der Waals surface area contributed by atoms with Crippen LogP contribution in [0, 0.1) is 0 Å². The second kappa shape index (κ2) is 8.92. The fourth-order valence-corrected chi connectivity index (χ4v) is 4.16. The summed E-state index contributed by atoms with van der Waals surface area (Å²) in [5.74, 6) is 0.169. The van der Waals surface area contributed by atoms with Gasteiger partial charge in [-0.05, 0) is 30.5 Å². The van der Waals surface area contributed by atoms with Crippen LogP contribution in [0.1, 0.15) is 37.7 Å². The maximum atomic E-state index is 13.5. The van der Waals surface area contributed by atoms with E-state index in [2.05, 4.69) is 0 Å². The first-order chi connectivity index (χ1) is 13.4. The normalized spacial score (nSPS) is 21.0. The smallest absolute Gasteiger partial charge is 0.245 e. The van der Waals surface area contributed by atoms with Gasteiger partial charge in [0.1, 0.15) is 11.8 Å². The Kier molecular flexibility index (Phi) is 6.57. The highest BCUT2D eigenvalue weighted by atomic mass is 16.3. The maximum Gasteiger partial charge on any atom is 0.245 e. The Morgan fingerprint density at radius 2 is 1.79 bits per heavy atom. The number of carbonyl (C=O) groups excluding carboxylic acids is 2. The predicted molar refractivity (Wildman–Crippen MR) is 107 cm³/mol. The Labute approximate surface area is 167 Å². The molecule has 3 rings (SSSR count). The third-order valence-electron chi connectivity index (χ3n) is 6.12. The van der Waals surface area contributed by atoms with Crippen molar-refractivity contribution in [3.05, 3.63) is 29.8 Å². The Hall–Kier alpha value is -2.12. The molecule has 1 aromatic carbocycles. The molecule has 0 aromatic heterocycles. The molecule has 154 valence electrons. The average molecular weight is 389 g/mol. The highest BCUT2D eigenvalue weighted by Gasteiger charge is 2.37. The van der Waals surface area contributed by atoms with Gasteiger partial charge in [-0.1, -0.05) is 31.4 Å². The van der Waals surface area contributed by atoms with E-state index in [0.717, 1.165) is 31.2 Å². The number of carbonyl (C=O) groups is 2.